The summed E-state index contributed by atoms with van der Waals surface area (Å²) in [7, 11) is 0. The number of aromatic nitrogens is 1. The highest BCUT2D eigenvalue weighted by Crippen LogP contribution is 2.33. The Balaban J connectivity index is 2.10. The van der Waals surface area contributed by atoms with Gasteiger partial charge in [0.1, 0.15) is 0 Å². The second kappa shape index (κ2) is 7.64. The Bertz CT molecular complexity index is 993. The minimum atomic E-state index is 0.242. The molecule has 0 N–H and O–H groups in total. The average Bonchev–Trinajstić information content (AvgIpc) is 2.60. The summed E-state index contributed by atoms with van der Waals surface area (Å²) in [5.41, 5.74) is 4.08. The number of halogens is 4. The van der Waals surface area contributed by atoms with Crippen LogP contribution in [-0.4, -0.2) is 4.98 Å². The lowest BCUT2D eigenvalue weighted by molar-refractivity contribution is 1.22. The molecule has 0 atom stereocenters. The van der Waals surface area contributed by atoms with Gasteiger partial charge in [0.05, 0.1) is 38.3 Å². The molecule has 2 nitrogen and oxygen atoms in total. The molecule has 1 heterocycles. The molecule has 25 heavy (non-hydrogen) atoms. The van der Waals surface area contributed by atoms with Gasteiger partial charge in [-0.05, 0) is 41.5 Å². The summed E-state index contributed by atoms with van der Waals surface area (Å²) in [5.74, 6) is 0. The highest BCUT2D eigenvalue weighted by molar-refractivity contribution is 6.42. The Morgan fingerprint density at radius 3 is 2.00 bits per heavy atom. The first-order valence-corrected chi connectivity index (χ1v) is 8.77. The van der Waals surface area contributed by atoms with E-state index < -0.39 is 0 Å². The van der Waals surface area contributed by atoms with Crippen LogP contribution in [0.1, 0.15) is 5.56 Å². The van der Waals surface area contributed by atoms with Crippen LogP contribution in [-0.2, 0) is 6.42 Å². The van der Waals surface area contributed by atoms with E-state index in [0.717, 1.165) is 22.3 Å². The van der Waals surface area contributed by atoms with Gasteiger partial charge in [-0.3, -0.25) is 4.98 Å². The number of nitrogens with zero attached hydrogens (tertiary/aromatic N) is 2. The third kappa shape index (κ3) is 3.92. The Labute approximate surface area is 165 Å². The molecule has 2 aromatic carbocycles. The van der Waals surface area contributed by atoms with Crippen molar-refractivity contribution in [1.82, 2.24) is 4.98 Å². The molecule has 0 saturated heterocycles. The van der Waals surface area contributed by atoms with Crippen molar-refractivity contribution in [2.75, 3.05) is 0 Å². The summed E-state index contributed by atoms with van der Waals surface area (Å²) in [6.45, 7) is 0. The summed E-state index contributed by atoms with van der Waals surface area (Å²) in [6.07, 6.45) is 1.97. The fourth-order valence-electron chi connectivity index (χ4n) is 2.47. The topological polar surface area (TPSA) is 36.7 Å². The molecule has 3 aromatic rings. The third-order valence-corrected chi connectivity index (χ3v) is 5.18. The first-order valence-electron chi connectivity index (χ1n) is 7.26. The first-order chi connectivity index (χ1) is 12.0. The zero-order chi connectivity index (χ0) is 18.0. The molecule has 0 amide bonds. The molecule has 6 heteroatoms. The van der Waals surface area contributed by atoms with Gasteiger partial charge in [-0.15, -0.1) is 0 Å². The minimum absolute atomic E-state index is 0.242. The second-order valence-electron chi connectivity index (χ2n) is 5.32. The molecule has 0 radical (unpaired) electrons. The predicted molar refractivity (Wildman–Crippen MR) is 104 cm³/mol. The number of hydrogen-bond donors (Lipinski definition) is 0. The molecular weight excluding hydrogens is 398 g/mol. The van der Waals surface area contributed by atoms with Crippen LogP contribution in [0.5, 0.6) is 0 Å². The zero-order valence-electron chi connectivity index (χ0n) is 12.7. The van der Waals surface area contributed by atoms with E-state index in [2.05, 4.69) is 11.1 Å². The SMILES string of the molecule is N#CCc1cc(-c2ccc(Cl)c(Cl)c2)ncc1-c1ccc(Cl)c(Cl)c1. The van der Waals surface area contributed by atoms with Crippen LogP contribution in [0.2, 0.25) is 20.1 Å². The van der Waals surface area contributed by atoms with Crippen molar-refractivity contribution in [2.45, 2.75) is 6.42 Å². The smallest absolute Gasteiger partial charge is 0.0706 e. The molecule has 0 spiro atoms. The maximum Gasteiger partial charge on any atom is 0.0706 e. The van der Waals surface area contributed by atoms with Crippen molar-refractivity contribution in [3.05, 3.63) is 74.3 Å². The van der Waals surface area contributed by atoms with E-state index in [1.165, 1.54) is 0 Å². The highest BCUT2D eigenvalue weighted by atomic mass is 35.5. The van der Waals surface area contributed by atoms with Crippen LogP contribution in [0.4, 0.5) is 0 Å². The summed E-state index contributed by atoms with van der Waals surface area (Å²) in [5, 5.41) is 11.0. The van der Waals surface area contributed by atoms with E-state index in [1.54, 1.807) is 30.5 Å². The fourth-order valence-corrected chi connectivity index (χ4v) is 3.06. The monoisotopic (exact) mass is 406 g/mol. The van der Waals surface area contributed by atoms with Crippen LogP contribution < -0.4 is 0 Å². The van der Waals surface area contributed by atoms with Gasteiger partial charge in [0, 0.05) is 17.3 Å². The summed E-state index contributed by atoms with van der Waals surface area (Å²) >= 11 is 24.1. The Kier molecular flexibility index (Phi) is 5.51. The van der Waals surface area contributed by atoms with Gasteiger partial charge in [-0.1, -0.05) is 58.5 Å². The normalized spacial score (nSPS) is 10.5. The van der Waals surface area contributed by atoms with Crippen molar-refractivity contribution >= 4 is 46.4 Å². The molecule has 0 aliphatic heterocycles. The maximum atomic E-state index is 9.18. The predicted octanol–water partition coefficient (Wildman–Crippen LogP) is 7.10. The molecular formula is C19H10Cl4N2. The number of hydrogen-bond acceptors (Lipinski definition) is 2. The number of pyridine rings is 1. The van der Waals surface area contributed by atoms with Gasteiger partial charge >= 0.3 is 0 Å². The molecule has 0 aliphatic carbocycles. The lowest BCUT2D eigenvalue weighted by Gasteiger charge is -2.11. The second-order valence-corrected chi connectivity index (χ2v) is 6.95. The van der Waals surface area contributed by atoms with Crippen LogP contribution in [0.25, 0.3) is 22.4 Å². The molecule has 0 fully saturated rings. The van der Waals surface area contributed by atoms with Crippen LogP contribution in [0, 0.1) is 11.3 Å². The van der Waals surface area contributed by atoms with E-state index in [4.69, 9.17) is 46.4 Å². The molecule has 0 saturated carbocycles. The van der Waals surface area contributed by atoms with Crippen molar-refractivity contribution in [1.29, 1.82) is 5.26 Å². The molecule has 124 valence electrons. The molecule has 0 unspecified atom stereocenters. The quantitative estimate of drug-likeness (QED) is 0.464. The standard InChI is InChI=1S/C19H10Cl4N2/c20-15-3-1-11(7-17(15)22)14-10-25-19(9-12(14)5-6-24)13-2-4-16(21)18(23)8-13/h1-4,7-10H,5H2. The Morgan fingerprint density at radius 2 is 1.40 bits per heavy atom. The van der Waals surface area contributed by atoms with E-state index >= 15 is 0 Å². The number of rotatable bonds is 3. The Morgan fingerprint density at radius 1 is 0.800 bits per heavy atom. The molecule has 3 rings (SSSR count). The largest absolute Gasteiger partial charge is 0.256 e. The summed E-state index contributed by atoms with van der Waals surface area (Å²) < 4.78 is 0. The fraction of sp³-hybridized carbons (Fsp3) is 0.0526. The van der Waals surface area contributed by atoms with Gasteiger partial charge in [0.15, 0.2) is 0 Å². The van der Waals surface area contributed by atoms with E-state index in [0.29, 0.717) is 25.8 Å². The van der Waals surface area contributed by atoms with Gasteiger partial charge < -0.3 is 0 Å². The van der Waals surface area contributed by atoms with Gasteiger partial charge in [0.2, 0.25) is 0 Å². The van der Waals surface area contributed by atoms with Crippen molar-refractivity contribution in [2.24, 2.45) is 0 Å². The van der Waals surface area contributed by atoms with Crippen LogP contribution in [0.15, 0.2) is 48.7 Å². The van der Waals surface area contributed by atoms with Gasteiger partial charge in [0.25, 0.3) is 0 Å². The number of nitriles is 1. The molecule has 0 bridgehead atoms. The minimum Gasteiger partial charge on any atom is -0.256 e. The van der Waals surface area contributed by atoms with Gasteiger partial charge in [-0.2, -0.15) is 5.26 Å². The van der Waals surface area contributed by atoms with Gasteiger partial charge in [-0.25, -0.2) is 0 Å². The van der Waals surface area contributed by atoms with Crippen molar-refractivity contribution < 1.29 is 0 Å². The third-order valence-electron chi connectivity index (χ3n) is 3.71. The summed E-state index contributed by atoms with van der Waals surface area (Å²) in [4.78, 5) is 4.50. The summed E-state index contributed by atoms with van der Waals surface area (Å²) in [6, 6.07) is 14.7. The van der Waals surface area contributed by atoms with E-state index in [9.17, 15) is 5.26 Å². The highest BCUT2D eigenvalue weighted by Gasteiger charge is 2.11. The van der Waals surface area contributed by atoms with E-state index in [-0.39, 0.29) is 6.42 Å². The van der Waals surface area contributed by atoms with Crippen LogP contribution in [0.3, 0.4) is 0 Å². The van der Waals surface area contributed by atoms with Crippen LogP contribution >= 0.6 is 46.4 Å². The van der Waals surface area contributed by atoms with E-state index in [1.807, 2.05) is 18.2 Å². The first kappa shape index (κ1) is 18.0. The molecule has 0 aliphatic rings. The van der Waals surface area contributed by atoms with Crippen molar-refractivity contribution in [3.8, 4) is 28.5 Å². The molecule has 1 aromatic heterocycles. The lowest BCUT2D eigenvalue weighted by atomic mass is 9.98. The van der Waals surface area contributed by atoms with Crippen molar-refractivity contribution in [3.63, 3.8) is 0 Å². The number of benzene rings is 2. The average molecular weight is 408 g/mol. The maximum absolute atomic E-state index is 9.18. The Hall–Kier alpha value is -1.76. The lowest BCUT2D eigenvalue weighted by Crippen LogP contribution is -1.94. The zero-order valence-corrected chi connectivity index (χ0v) is 15.8.